The molecule has 0 aliphatic carbocycles. The van der Waals surface area contributed by atoms with Gasteiger partial charge in [0.25, 0.3) is 0 Å². The summed E-state index contributed by atoms with van der Waals surface area (Å²) >= 11 is 5.54. The Morgan fingerprint density at radius 1 is 1.56 bits per heavy atom. The van der Waals surface area contributed by atoms with Gasteiger partial charge in [0.05, 0.1) is 16.8 Å². The Morgan fingerprint density at radius 3 is 2.88 bits per heavy atom. The summed E-state index contributed by atoms with van der Waals surface area (Å²) in [6, 6.07) is 0.664. The van der Waals surface area contributed by atoms with Gasteiger partial charge in [-0.15, -0.1) is 0 Å². The molecule has 86 valence electrons. The number of nitrogens with zero attached hydrogens (tertiary/aromatic N) is 1. The Hall–Kier alpha value is -1.14. The van der Waals surface area contributed by atoms with Crippen molar-refractivity contribution in [1.29, 1.82) is 0 Å². The molecule has 1 N–H and O–H groups in total. The van der Waals surface area contributed by atoms with E-state index in [4.69, 9.17) is 11.6 Å². The fraction of sp³-hybridized carbons (Fsp3) is 0.222. The lowest BCUT2D eigenvalue weighted by molar-refractivity contribution is 0.604. The Labute approximate surface area is 97.1 Å². The zero-order chi connectivity index (χ0) is 11.8. The molecular formula is C9H8ClFN2O2S. The van der Waals surface area contributed by atoms with Gasteiger partial charge in [0, 0.05) is 11.6 Å². The van der Waals surface area contributed by atoms with E-state index in [0.717, 1.165) is 11.5 Å². The molecule has 1 unspecified atom stereocenters. The van der Waals surface area contributed by atoms with Gasteiger partial charge in [-0.3, -0.25) is 0 Å². The molecule has 0 aromatic carbocycles. The number of hydrogen-bond donors (Lipinski definition) is 1. The highest BCUT2D eigenvalue weighted by Gasteiger charge is 2.22. The monoisotopic (exact) mass is 262 g/mol. The van der Waals surface area contributed by atoms with E-state index in [9.17, 15) is 12.8 Å². The first-order valence-corrected chi connectivity index (χ1v) is 6.54. The molecule has 0 bridgehead atoms. The second-order valence-corrected chi connectivity index (χ2v) is 5.76. The molecule has 2 heterocycles. The van der Waals surface area contributed by atoms with E-state index in [1.165, 1.54) is 12.3 Å². The largest absolute Gasteiger partial charge is 0.360 e. The predicted molar refractivity (Wildman–Crippen MR) is 59.5 cm³/mol. The number of pyridine rings is 1. The summed E-state index contributed by atoms with van der Waals surface area (Å²) in [6.45, 7) is 0. The van der Waals surface area contributed by atoms with Crippen molar-refractivity contribution in [3.63, 3.8) is 0 Å². The first-order chi connectivity index (χ1) is 7.46. The van der Waals surface area contributed by atoms with Crippen LogP contribution in [0.2, 0.25) is 5.02 Å². The SMILES string of the molecule is O=S1(=O)C=CC(Nc2ncc(Cl)cc2F)C1. The fourth-order valence-electron chi connectivity index (χ4n) is 1.36. The first kappa shape index (κ1) is 11.3. The van der Waals surface area contributed by atoms with Gasteiger partial charge in [0.15, 0.2) is 21.5 Å². The van der Waals surface area contributed by atoms with Crippen LogP contribution < -0.4 is 5.32 Å². The average Bonchev–Trinajstić information content (AvgIpc) is 2.51. The lowest BCUT2D eigenvalue weighted by Gasteiger charge is -2.10. The summed E-state index contributed by atoms with van der Waals surface area (Å²) < 4.78 is 35.5. The second-order valence-electron chi connectivity index (χ2n) is 3.39. The number of halogens is 2. The molecular weight excluding hydrogens is 255 g/mol. The molecule has 0 amide bonds. The molecule has 1 aliphatic heterocycles. The molecule has 1 aromatic rings. The lowest BCUT2D eigenvalue weighted by Crippen LogP contribution is -2.22. The van der Waals surface area contributed by atoms with Crippen molar-refractivity contribution in [2.24, 2.45) is 0 Å². The van der Waals surface area contributed by atoms with Crippen LogP contribution >= 0.6 is 11.6 Å². The normalized spacial score (nSPS) is 22.2. The molecule has 1 aliphatic rings. The van der Waals surface area contributed by atoms with Gasteiger partial charge in [-0.05, 0) is 12.1 Å². The minimum atomic E-state index is -3.16. The minimum Gasteiger partial charge on any atom is -0.360 e. The third kappa shape index (κ3) is 2.51. The highest BCUT2D eigenvalue weighted by molar-refractivity contribution is 7.94. The first-order valence-electron chi connectivity index (χ1n) is 4.45. The van der Waals surface area contributed by atoms with Crippen LogP contribution in [0.1, 0.15) is 0 Å². The van der Waals surface area contributed by atoms with Gasteiger partial charge in [-0.1, -0.05) is 11.6 Å². The molecule has 0 saturated carbocycles. The average molecular weight is 263 g/mol. The van der Waals surface area contributed by atoms with Crippen molar-refractivity contribution in [2.45, 2.75) is 6.04 Å². The van der Waals surface area contributed by atoms with E-state index in [1.54, 1.807) is 0 Å². The minimum absolute atomic E-state index is 0.00356. The number of sulfone groups is 1. The molecule has 7 heteroatoms. The van der Waals surface area contributed by atoms with E-state index in [1.807, 2.05) is 0 Å². The third-order valence-corrected chi connectivity index (χ3v) is 3.66. The number of anilines is 1. The predicted octanol–water partition coefficient (Wildman–Crippen LogP) is 1.60. The van der Waals surface area contributed by atoms with Crippen LogP contribution in [0.3, 0.4) is 0 Å². The summed E-state index contributed by atoms with van der Waals surface area (Å²) in [5.74, 6) is -0.696. The van der Waals surface area contributed by atoms with E-state index in [0.29, 0.717) is 0 Å². The highest BCUT2D eigenvalue weighted by Crippen LogP contribution is 2.18. The van der Waals surface area contributed by atoms with Crippen LogP contribution in [0.4, 0.5) is 10.2 Å². The van der Waals surface area contributed by atoms with Gasteiger partial charge in [-0.25, -0.2) is 17.8 Å². The Morgan fingerprint density at radius 2 is 2.31 bits per heavy atom. The summed E-state index contributed by atoms with van der Waals surface area (Å²) in [5.41, 5.74) is 0. The zero-order valence-electron chi connectivity index (χ0n) is 8.02. The summed E-state index contributed by atoms with van der Waals surface area (Å²) in [5, 5.41) is 3.98. The quantitative estimate of drug-likeness (QED) is 0.879. The highest BCUT2D eigenvalue weighted by atomic mass is 35.5. The number of aromatic nitrogens is 1. The van der Waals surface area contributed by atoms with E-state index in [2.05, 4.69) is 10.3 Å². The number of nitrogens with one attached hydrogen (secondary N) is 1. The number of hydrogen-bond acceptors (Lipinski definition) is 4. The molecule has 0 spiro atoms. The Kier molecular flexibility index (Phi) is 2.86. The maximum Gasteiger partial charge on any atom is 0.173 e. The van der Waals surface area contributed by atoms with Crippen molar-refractivity contribution in [3.05, 3.63) is 34.6 Å². The third-order valence-electron chi connectivity index (χ3n) is 2.06. The Balaban J connectivity index is 2.14. The van der Waals surface area contributed by atoms with E-state index < -0.39 is 21.7 Å². The molecule has 1 aromatic heterocycles. The van der Waals surface area contributed by atoms with Crippen molar-refractivity contribution in [2.75, 3.05) is 11.1 Å². The maximum atomic E-state index is 13.3. The molecule has 16 heavy (non-hydrogen) atoms. The molecule has 0 saturated heterocycles. The molecule has 0 radical (unpaired) electrons. The van der Waals surface area contributed by atoms with Crippen molar-refractivity contribution in [3.8, 4) is 0 Å². The Bertz CT molecular complexity index is 544. The summed E-state index contributed by atoms with van der Waals surface area (Å²) in [7, 11) is -3.16. The standard InChI is InChI=1S/C9H8ClFN2O2S/c10-6-3-8(11)9(12-4-6)13-7-1-2-16(14,15)5-7/h1-4,7H,5H2,(H,12,13). The van der Waals surface area contributed by atoms with Gasteiger partial charge >= 0.3 is 0 Å². The van der Waals surface area contributed by atoms with Crippen molar-refractivity contribution in [1.82, 2.24) is 4.98 Å². The van der Waals surface area contributed by atoms with Crippen LogP contribution in [0.5, 0.6) is 0 Å². The van der Waals surface area contributed by atoms with Crippen LogP contribution in [-0.2, 0) is 9.84 Å². The molecule has 0 fully saturated rings. The smallest absolute Gasteiger partial charge is 0.173 e. The molecule has 2 rings (SSSR count). The van der Waals surface area contributed by atoms with Crippen LogP contribution in [0.15, 0.2) is 23.7 Å². The van der Waals surface area contributed by atoms with Gasteiger partial charge in [0.1, 0.15) is 0 Å². The molecule has 4 nitrogen and oxygen atoms in total. The van der Waals surface area contributed by atoms with Gasteiger partial charge in [-0.2, -0.15) is 0 Å². The summed E-state index contributed by atoms with van der Waals surface area (Å²) in [6.07, 6.45) is 2.76. The van der Waals surface area contributed by atoms with Crippen LogP contribution in [0, 0.1) is 5.82 Å². The maximum absolute atomic E-state index is 13.3. The summed E-state index contributed by atoms with van der Waals surface area (Å²) in [4.78, 5) is 3.74. The lowest BCUT2D eigenvalue weighted by atomic mass is 10.3. The van der Waals surface area contributed by atoms with E-state index in [-0.39, 0.29) is 16.6 Å². The van der Waals surface area contributed by atoms with Crippen LogP contribution in [0.25, 0.3) is 0 Å². The fourth-order valence-corrected chi connectivity index (χ4v) is 2.74. The van der Waals surface area contributed by atoms with Crippen molar-refractivity contribution < 1.29 is 12.8 Å². The van der Waals surface area contributed by atoms with Crippen LogP contribution in [-0.4, -0.2) is 25.2 Å². The van der Waals surface area contributed by atoms with Gasteiger partial charge in [0.2, 0.25) is 0 Å². The van der Waals surface area contributed by atoms with E-state index >= 15 is 0 Å². The van der Waals surface area contributed by atoms with Gasteiger partial charge < -0.3 is 5.32 Å². The van der Waals surface area contributed by atoms with Crippen molar-refractivity contribution >= 4 is 27.3 Å². The zero-order valence-corrected chi connectivity index (χ0v) is 9.59. The molecule has 1 atom stereocenters. The number of rotatable bonds is 2. The second kappa shape index (κ2) is 4.03. The topological polar surface area (TPSA) is 59.1 Å².